The van der Waals surface area contributed by atoms with Crippen LogP contribution in [0.4, 0.5) is 4.39 Å². The number of rotatable bonds is 6. The number of fused-ring (bicyclic) bond motifs is 2. The highest BCUT2D eigenvalue weighted by molar-refractivity contribution is 5.96. The fourth-order valence-electron chi connectivity index (χ4n) is 4.73. The average molecular weight is 368 g/mol. The van der Waals surface area contributed by atoms with E-state index in [0.717, 1.165) is 18.6 Å². The monoisotopic (exact) mass is 367 g/mol. The van der Waals surface area contributed by atoms with Gasteiger partial charge in [-0.05, 0) is 63.7 Å². The largest absolute Gasteiger partial charge is 0.458 e. The van der Waals surface area contributed by atoms with E-state index >= 15 is 0 Å². The van der Waals surface area contributed by atoms with Gasteiger partial charge in [0, 0.05) is 17.5 Å². The lowest BCUT2D eigenvalue weighted by atomic mass is 9.70. The molecule has 0 spiro atoms. The molecule has 4 atom stereocenters. The number of alkyl halides is 1. The van der Waals surface area contributed by atoms with E-state index in [9.17, 15) is 9.18 Å². The third kappa shape index (κ3) is 4.31. The topological polar surface area (TPSA) is 38.7 Å². The molecule has 2 bridgehead atoms. The van der Waals surface area contributed by atoms with Gasteiger partial charge in [0.15, 0.2) is 0 Å². The summed E-state index contributed by atoms with van der Waals surface area (Å²) >= 11 is 0. The Kier molecular flexibility index (Phi) is 5.95. The van der Waals surface area contributed by atoms with Gasteiger partial charge in [-0.1, -0.05) is 34.6 Å². The Hall–Kier alpha value is -0.930. The number of esters is 1. The molecule has 0 amide bonds. The fraction of sp³-hybridized carbons (Fsp3) is 0.909. The second-order valence-corrected chi connectivity index (χ2v) is 10.6. The van der Waals surface area contributed by atoms with Gasteiger partial charge in [0.2, 0.25) is 0 Å². The number of ether oxygens (including phenoxy) is 1. The van der Waals surface area contributed by atoms with Crippen LogP contribution in [0.3, 0.4) is 0 Å². The molecule has 2 rings (SSSR count). The summed E-state index contributed by atoms with van der Waals surface area (Å²) < 4.78 is 20.1. The van der Waals surface area contributed by atoms with Crippen molar-refractivity contribution in [1.82, 2.24) is 0 Å². The van der Waals surface area contributed by atoms with E-state index in [1.165, 1.54) is 6.42 Å². The molecule has 0 N–H and O–H groups in total. The van der Waals surface area contributed by atoms with Crippen molar-refractivity contribution >= 4 is 11.7 Å². The number of hydrogen-bond acceptors (Lipinski definition) is 3. The van der Waals surface area contributed by atoms with Crippen LogP contribution in [-0.4, -0.2) is 29.5 Å². The van der Waals surface area contributed by atoms with Crippen molar-refractivity contribution in [2.45, 2.75) is 105 Å². The fourth-order valence-corrected chi connectivity index (χ4v) is 4.73. The molecule has 2 fully saturated rings. The minimum Gasteiger partial charge on any atom is -0.458 e. The molecule has 26 heavy (non-hydrogen) atoms. The van der Waals surface area contributed by atoms with Crippen molar-refractivity contribution in [3.63, 3.8) is 0 Å². The van der Waals surface area contributed by atoms with Crippen LogP contribution in [0, 0.1) is 22.7 Å². The van der Waals surface area contributed by atoms with Gasteiger partial charge in [0.1, 0.15) is 17.8 Å². The molecule has 2 saturated carbocycles. The minimum absolute atomic E-state index is 0.0157. The lowest BCUT2D eigenvalue weighted by molar-refractivity contribution is -0.157. The van der Waals surface area contributed by atoms with Gasteiger partial charge in [-0.15, -0.1) is 0 Å². The zero-order valence-corrected chi connectivity index (χ0v) is 18.0. The summed E-state index contributed by atoms with van der Waals surface area (Å²) in [4.78, 5) is 17.6. The van der Waals surface area contributed by atoms with E-state index < -0.39 is 17.8 Å². The highest BCUT2D eigenvalue weighted by atomic mass is 19.1. The molecule has 0 aromatic rings. The van der Waals surface area contributed by atoms with Gasteiger partial charge in [0.05, 0.1) is 0 Å². The van der Waals surface area contributed by atoms with Gasteiger partial charge < -0.3 is 4.74 Å². The van der Waals surface area contributed by atoms with Crippen LogP contribution >= 0.6 is 0 Å². The summed E-state index contributed by atoms with van der Waals surface area (Å²) in [5.74, 6) is 0.485. The van der Waals surface area contributed by atoms with Crippen LogP contribution in [0.25, 0.3) is 0 Å². The first kappa shape index (κ1) is 21.4. The summed E-state index contributed by atoms with van der Waals surface area (Å²) in [6, 6.07) is -0.732. The van der Waals surface area contributed by atoms with Crippen molar-refractivity contribution in [1.29, 1.82) is 0 Å². The van der Waals surface area contributed by atoms with E-state index in [-0.39, 0.29) is 29.1 Å². The third-order valence-corrected chi connectivity index (χ3v) is 6.71. The van der Waals surface area contributed by atoms with Crippen molar-refractivity contribution < 1.29 is 13.9 Å². The second-order valence-electron chi connectivity index (χ2n) is 10.6. The molecule has 3 nitrogen and oxygen atoms in total. The van der Waals surface area contributed by atoms with E-state index in [0.29, 0.717) is 12.3 Å². The summed E-state index contributed by atoms with van der Waals surface area (Å²) in [6.45, 7) is 16.4. The molecule has 0 aromatic heterocycles. The van der Waals surface area contributed by atoms with Gasteiger partial charge in [-0.3, -0.25) is 4.99 Å². The summed E-state index contributed by atoms with van der Waals surface area (Å²) in [7, 11) is 0. The van der Waals surface area contributed by atoms with Crippen molar-refractivity contribution in [2.75, 3.05) is 0 Å². The summed E-state index contributed by atoms with van der Waals surface area (Å²) in [6.07, 6.45) is 2.81. The lowest BCUT2D eigenvalue weighted by Gasteiger charge is -2.35. The van der Waals surface area contributed by atoms with Gasteiger partial charge in [-0.2, -0.15) is 0 Å². The molecule has 2 unspecified atom stereocenters. The van der Waals surface area contributed by atoms with Gasteiger partial charge in [-0.25, -0.2) is 9.18 Å². The predicted octanol–water partition coefficient (Wildman–Crippen LogP) is 5.76. The molecule has 0 aromatic carbocycles. The molecule has 150 valence electrons. The zero-order valence-electron chi connectivity index (χ0n) is 18.0. The Bertz CT molecular complexity index is 561. The van der Waals surface area contributed by atoms with Crippen molar-refractivity contribution in [3.8, 4) is 0 Å². The Balaban J connectivity index is 2.25. The van der Waals surface area contributed by atoms with E-state index in [1.807, 2.05) is 34.6 Å². The van der Waals surface area contributed by atoms with E-state index in [2.05, 4.69) is 20.8 Å². The van der Waals surface area contributed by atoms with Gasteiger partial charge in [0.25, 0.3) is 0 Å². The maximum Gasteiger partial charge on any atom is 0.331 e. The summed E-state index contributed by atoms with van der Waals surface area (Å²) in [5, 5.41) is 0. The molecule has 0 heterocycles. The van der Waals surface area contributed by atoms with Crippen LogP contribution < -0.4 is 0 Å². The minimum atomic E-state index is -1.03. The lowest BCUT2D eigenvalue weighted by Crippen LogP contribution is -2.36. The molecule has 2 aliphatic rings. The van der Waals surface area contributed by atoms with Crippen LogP contribution in [0.1, 0.15) is 87.5 Å². The summed E-state index contributed by atoms with van der Waals surface area (Å²) in [5.41, 5.74) is 0.725. The molecule has 0 aliphatic heterocycles. The van der Waals surface area contributed by atoms with E-state index in [1.54, 1.807) is 0 Å². The van der Waals surface area contributed by atoms with Crippen molar-refractivity contribution in [2.24, 2.45) is 27.7 Å². The van der Waals surface area contributed by atoms with Gasteiger partial charge >= 0.3 is 5.97 Å². The smallest absolute Gasteiger partial charge is 0.331 e. The predicted molar refractivity (Wildman–Crippen MR) is 105 cm³/mol. The van der Waals surface area contributed by atoms with Crippen LogP contribution in [0.5, 0.6) is 0 Å². The first-order chi connectivity index (χ1) is 11.8. The quantitative estimate of drug-likeness (QED) is 0.560. The van der Waals surface area contributed by atoms with Crippen molar-refractivity contribution in [3.05, 3.63) is 0 Å². The Morgan fingerprint density at radius 2 is 1.88 bits per heavy atom. The van der Waals surface area contributed by atoms with Crippen LogP contribution in [-0.2, 0) is 9.53 Å². The van der Waals surface area contributed by atoms with Crippen LogP contribution in [0.15, 0.2) is 4.99 Å². The maximum atomic E-state index is 14.5. The second kappa shape index (κ2) is 7.24. The number of carbonyl (C=O) groups is 1. The SMILES string of the molecule is CC(C)C[C@H](F)C[C@H](N=C1CC2CCC1(C)C2(C)C)C(=O)OC(C)(C)C. The average Bonchev–Trinajstić information content (AvgIpc) is 2.77. The number of aliphatic imine (C=N–C) groups is 1. The third-order valence-electron chi connectivity index (χ3n) is 6.71. The first-order valence-corrected chi connectivity index (χ1v) is 10.2. The van der Waals surface area contributed by atoms with Crippen LogP contribution in [0.2, 0.25) is 0 Å². The number of carbonyl (C=O) groups excluding carboxylic acids is 1. The number of nitrogens with zero attached hydrogens (tertiary/aromatic N) is 1. The zero-order chi connectivity index (χ0) is 19.9. The highest BCUT2D eigenvalue weighted by Gasteiger charge is 2.60. The first-order valence-electron chi connectivity index (χ1n) is 10.2. The molecule has 0 saturated heterocycles. The Morgan fingerprint density at radius 1 is 1.27 bits per heavy atom. The molecule has 2 aliphatic carbocycles. The standard InChI is InChI=1S/C22H38FNO2/c1-14(2)11-16(23)13-17(19(25)26-20(3,4)5)24-18-12-15-9-10-22(18,8)21(15,6)7/h14-17H,9-13H2,1-8H3/t15?,16-,17-,22?/m0/s1. The molecule has 4 heteroatoms. The number of halogens is 1. The van der Waals surface area contributed by atoms with E-state index in [4.69, 9.17) is 9.73 Å². The molecular formula is C22H38FNO2. The maximum absolute atomic E-state index is 14.5. The highest BCUT2D eigenvalue weighted by Crippen LogP contribution is 2.64. The Morgan fingerprint density at radius 3 is 2.31 bits per heavy atom. The molecular weight excluding hydrogens is 329 g/mol. The molecule has 0 radical (unpaired) electrons. The number of hydrogen-bond donors (Lipinski definition) is 0. The normalized spacial score (nSPS) is 31.5. The Labute approximate surface area is 159 Å².